The van der Waals surface area contributed by atoms with Crippen molar-refractivity contribution in [2.24, 2.45) is 5.92 Å². The summed E-state index contributed by atoms with van der Waals surface area (Å²) in [4.78, 5) is 26.6. The van der Waals surface area contributed by atoms with Crippen LogP contribution in [0.1, 0.15) is 30.2 Å². The predicted octanol–water partition coefficient (Wildman–Crippen LogP) is 5.08. The highest BCUT2D eigenvalue weighted by Gasteiger charge is 2.28. The van der Waals surface area contributed by atoms with Gasteiger partial charge in [0.2, 0.25) is 5.91 Å². The normalized spacial score (nSPS) is 16.7. The van der Waals surface area contributed by atoms with E-state index >= 15 is 0 Å². The molecule has 3 heterocycles. The molecule has 1 atom stereocenters. The van der Waals surface area contributed by atoms with Crippen LogP contribution in [-0.2, 0) is 11.2 Å². The van der Waals surface area contributed by atoms with Crippen molar-refractivity contribution >= 4 is 50.6 Å². The number of nitrogens with zero attached hydrogens (tertiary/aromatic N) is 3. The van der Waals surface area contributed by atoms with E-state index < -0.39 is 0 Å². The lowest BCUT2D eigenvalue weighted by molar-refractivity contribution is -0.120. The van der Waals surface area contributed by atoms with Crippen LogP contribution in [0.25, 0.3) is 10.2 Å². The van der Waals surface area contributed by atoms with Gasteiger partial charge >= 0.3 is 0 Å². The van der Waals surface area contributed by atoms with E-state index in [0.717, 1.165) is 47.4 Å². The number of carbonyl (C=O) groups excluding carboxylic acids is 1. The highest BCUT2D eigenvalue weighted by molar-refractivity contribution is 7.18. The fourth-order valence-corrected chi connectivity index (χ4v) is 4.95. The monoisotopic (exact) mass is 444 g/mol. The van der Waals surface area contributed by atoms with Crippen molar-refractivity contribution in [1.82, 2.24) is 9.97 Å². The number of hydrogen-bond acceptors (Lipinski definition) is 6. The minimum absolute atomic E-state index is 0.00964. The van der Waals surface area contributed by atoms with Gasteiger partial charge in [-0.2, -0.15) is 0 Å². The number of fused-ring (bicyclic) bond motifs is 1. The van der Waals surface area contributed by atoms with Crippen LogP contribution < -0.4 is 15.0 Å². The van der Waals surface area contributed by atoms with E-state index in [0.29, 0.717) is 23.0 Å². The molecule has 3 aromatic rings. The van der Waals surface area contributed by atoms with E-state index in [1.165, 1.54) is 4.88 Å². The Morgan fingerprint density at radius 1 is 1.37 bits per heavy atom. The van der Waals surface area contributed by atoms with Gasteiger partial charge in [0, 0.05) is 29.1 Å². The Bertz CT molecular complexity index is 1080. The summed E-state index contributed by atoms with van der Waals surface area (Å²) < 4.78 is 5.40. The Labute approximate surface area is 185 Å². The molecule has 1 amide bonds. The Hall–Kier alpha value is -2.38. The summed E-state index contributed by atoms with van der Waals surface area (Å²) in [5.74, 6) is 1.35. The molecule has 0 unspecified atom stereocenters. The van der Waals surface area contributed by atoms with Crippen molar-refractivity contribution in [3.05, 3.63) is 40.0 Å². The molecule has 0 bridgehead atoms. The number of aromatic nitrogens is 2. The molecule has 1 N–H and O–H groups in total. The second kappa shape index (κ2) is 8.78. The maximum absolute atomic E-state index is 13.1. The number of aryl methyl sites for hydroxylation is 2. The zero-order valence-corrected chi connectivity index (χ0v) is 18.9. The van der Waals surface area contributed by atoms with Gasteiger partial charge in [-0.1, -0.05) is 18.5 Å². The number of nitrogens with one attached hydrogen (secondary N) is 1. The number of amides is 1. The van der Waals surface area contributed by atoms with E-state index in [-0.39, 0.29) is 11.8 Å². The average Bonchev–Trinajstić information content (AvgIpc) is 3.19. The van der Waals surface area contributed by atoms with Crippen LogP contribution >= 0.6 is 22.9 Å². The molecule has 1 aliphatic rings. The second-order valence-corrected chi connectivity index (χ2v) is 9.08. The number of piperidine rings is 1. The Morgan fingerprint density at radius 3 is 2.97 bits per heavy atom. The Balaban J connectivity index is 1.54. The number of benzene rings is 1. The number of ether oxygens (including phenoxy) is 1. The van der Waals surface area contributed by atoms with Gasteiger partial charge < -0.3 is 15.0 Å². The van der Waals surface area contributed by atoms with Crippen molar-refractivity contribution < 1.29 is 9.53 Å². The molecule has 30 heavy (non-hydrogen) atoms. The van der Waals surface area contributed by atoms with Gasteiger partial charge in [-0.05, 0) is 43.9 Å². The van der Waals surface area contributed by atoms with E-state index in [1.54, 1.807) is 30.8 Å². The maximum Gasteiger partial charge on any atom is 0.229 e. The maximum atomic E-state index is 13.1. The Kier molecular flexibility index (Phi) is 6.11. The highest BCUT2D eigenvalue weighted by atomic mass is 35.5. The fraction of sp³-hybridized carbons (Fsp3) is 0.409. The van der Waals surface area contributed by atoms with Crippen LogP contribution in [0.15, 0.2) is 24.5 Å². The first-order valence-corrected chi connectivity index (χ1v) is 11.3. The van der Waals surface area contributed by atoms with E-state index in [1.807, 2.05) is 13.0 Å². The van der Waals surface area contributed by atoms with Gasteiger partial charge in [-0.3, -0.25) is 4.79 Å². The van der Waals surface area contributed by atoms with Gasteiger partial charge in [0.05, 0.1) is 24.1 Å². The topological polar surface area (TPSA) is 67.4 Å². The third-order valence-electron chi connectivity index (χ3n) is 5.54. The SMILES string of the molecule is CCc1cc2c(N3CCC[C@H](C(=O)Nc4cc(C)c(Cl)cc4OC)C3)ncnc2s1. The molecule has 0 spiro atoms. The Morgan fingerprint density at radius 2 is 2.20 bits per heavy atom. The van der Waals surface area contributed by atoms with Crippen LogP contribution in [0.4, 0.5) is 11.5 Å². The molecular formula is C22H25ClN4O2S. The van der Waals surface area contributed by atoms with Crippen LogP contribution in [0.3, 0.4) is 0 Å². The molecule has 1 saturated heterocycles. The number of rotatable bonds is 5. The van der Waals surface area contributed by atoms with Crippen molar-refractivity contribution in [2.45, 2.75) is 33.1 Å². The molecule has 0 aliphatic carbocycles. The minimum Gasteiger partial charge on any atom is -0.495 e. The van der Waals surface area contributed by atoms with Gasteiger partial charge in [-0.25, -0.2) is 9.97 Å². The summed E-state index contributed by atoms with van der Waals surface area (Å²) in [5.41, 5.74) is 1.54. The zero-order valence-electron chi connectivity index (χ0n) is 17.4. The molecule has 4 rings (SSSR count). The summed E-state index contributed by atoms with van der Waals surface area (Å²) >= 11 is 7.90. The van der Waals surface area contributed by atoms with Crippen LogP contribution in [-0.4, -0.2) is 36.1 Å². The number of hydrogen-bond donors (Lipinski definition) is 1. The van der Waals surface area contributed by atoms with Crippen molar-refractivity contribution in [2.75, 3.05) is 30.4 Å². The van der Waals surface area contributed by atoms with Crippen LogP contribution in [0.2, 0.25) is 5.02 Å². The largest absolute Gasteiger partial charge is 0.495 e. The average molecular weight is 445 g/mol. The van der Waals surface area contributed by atoms with Gasteiger partial charge in [0.25, 0.3) is 0 Å². The molecule has 1 aromatic carbocycles. The van der Waals surface area contributed by atoms with E-state index in [2.05, 4.69) is 33.2 Å². The van der Waals surface area contributed by atoms with Gasteiger partial charge in [0.1, 0.15) is 22.7 Å². The number of halogens is 1. The van der Waals surface area contributed by atoms with E-state index in [9.17, 15) is 4.79 Å². The molecule has 6 nitrogen and oxygen atoms in total. The molecular weight excluding hydrogens is 420 g/mol. The summed E-state index contributed by atoms with van der Waals surface area (Å²) in [7, 11) is 1.57. The molecule has 0 saturated carbocycles. The number of methoxy groups -OCH3 is 1. The second-order valence-electron chi connectivity index (χ2n) is 7.56. The fourth-order valence-electron chi connectivity index (χ4n) is 3.87. The minimum atomic E-state index is -0.131. The molecule has 8 heteroatoms. The number of thiophene rings is 1. The summed E-state index contributed by atoms with van der Waals surface area (Å²) in [6, 6.07) is 5.77. The standard InChI is InChI=1S/C22H25ClN4O2S/c1-4-15-9-16-20(24-12-25-22(16)30-15)27-7-5-6-14(11-27)21(28)26-18-8-13(2)17(23)10-19(18)29-3/h8-10,12,14H,4-7,11H2,1-3H3,(H,26,28)/t14-/m0/s1. The lowest BCUT2D eigenvalue weighted by atomic mass is 9.96. The van der Waals surface area contributed by atoms with Gasteiger partial charge in [0.15, 0.2) is 0 Å². The summed E-state index contributed by atoms with van der Waals surface area (Å²) in [6.45, 7) is 5.57. The summed E-state index contributed by atoms with van der Waals surface area (Å²) in [5, 5.41) is 4.74. The predicted molar refractivity (Wildman–Crippen MR) is 123 cm³/mol. The summed E-state index contributed by atoms with van der Waals surface area (Å²) in [6.07, 6.45) is 4.38. The van der Waals surface area contributed by atoms with Crippen molar-refractivity contribution in [3.63, 3.8) is 0 Å². The first-order chi connectivity index (χ1) is 14.5. The molecule has 1 fully saturated rings. The highest BCUT2D eigenvalue weighted by Crippen LogP contribution is 2.34. The third kappa shape index (κ3) is 4.09. The van der Waals surface area contributed by atoms with Crippen LogP contribution in [0, 0.1) is 12.8 Å². The van der Waals surface area contributed by atoms with Crippen LogP contribution in [0.5, 0.6) is 5.75 Å². The molecule has 2 aromatic heterocycles. The first-order valence-electron chi connectivity index (χ1n) is 10.1. The zero-order chi connectivity index (χ0) is 21.3. The smallest absolute Gasteiger partial charge is 0.229 e. The number of anilines is 2. The quantitative estimate of drug-likeness (QED) is 0.594. The lowest BCUT2D eigenvalue weighted by Crippen LogP contribution is -2.41. The lowest BCUT2D eigenvalue weighted by Gasteiger charge is -2.33. The molecule has 0 radical (unpaired) electrons. The van der Waals surface area contributed by atoms with Crippen molar-refractivity contribution in [3.8, 4) is 5.75 Å². The first kappa shape index (κ1) is 20.9. The number of carbonyl (C=O) groups is 1. The van der Waals surface area contributed by atoms with E-state index in [4.69, 9.17) is 16.3 Å². The molecule has 1 aliphatic heterocycles. The third-order valence-corrected chi connectivity index (χ3v) is 7.13. The molecule has 158 valence electrons. The van der Waals surface area contributed by atoms with Gasteiger partial charge in [-0.15, -0.1) is 11.3 Å². The van der Waals surface area contributed by atoms with Crippen molar-refractivity contribution in [1.29, 1.82) is 0 Å².